The molecule has 1 atom stereocenters. The van der Waals surface area contributed by atoms with Crippen LogP contribution in [-0.4, -0.2) is 67.7 Å². The molecule has 1 N–H and O–H groups in total. The molecule has 1 aliphatic rings. The van der Waals surface area contributed by atoms with E-state index in [4.69, 9.17) is 0 Å². The molecule has 1 fully saturated rings. The van der Waals surface area contributed by atoms with E-state index in [1.54, 1.807) is 35.2 Å². The third-order valence-corrected chi connectivity index (χ3v) is 7.15. The van der Waals surface area contributed by atoms with Crippen LogP contribution in [0.15, 0.2) is 42.5 Å². The maximum atomic E-state index is 14.0. The maximum absolute atomic E-state index is 14.0. The summed E-state index contributed by atoms with van der Waals surface area (Å²) in [6, 6.07) is 9.62. The molecule has 0 saturated carbocycles. The van der Waals surface area contributed by atoms with Crippen molar-refractivity contribution in [2.45, 2.75) is 19.4 Å². The Bertz CT molecular complexity index is 1130. The average Bonchev–Trinajstić information content (AvgIpc) is 2.81. The summed E-state index contributed by atoms with van der Waals surface area (Å²) in [5.74, 6) is -5.96. The van der Waals surface area contributed by atoms with E-state index < -0.39 is 57.4 Å². The zero-order chi connectivity index (χ0) is 24.9. The number of sulfone groups is 1. The third kappa shape index (κ3) is 6.15. The molecule has 0 bridgehead atoms. The Hall–Kier alpha value is -2.92. The first-order valence-electron chi connectivity index (χ1n) is 10.8. The van der Waals surface area contributed by atoms with Gasteiger partial charge in [0.2, 0.25) is 11.8 Å². The first-order chi connectivity index (χ1) is 16.1. The number of hydrogen-bond acceptors (Lipinski definition) is 5. The highest BCUT2D eigenvalue weighted by Gasteiger charge is 2.35. The van der Waals surface area contributed by atoms with Crippen molar-refractivity contribution in [3.8, 4) is 0 Å². The van der Waals surface area contributed by atoms with E-state index in [0.29, 0.717) is 18.1 Å². The fourth-order valence-corrected chi connectivity index (χ4v) is 5.05. The monoisotopic (exact) mass is 497 g/mol. The van der Waals surface area contributed by atoms with Crippen LogP contribution in [0, 0.1) is 17.5 Å². The number of anilines is 1. The zero-order valence-electron chi connectivity index (χ0n) is 18.6. The molecule has 0 spiro atoms. The minimum Gasteiger partial charge on any atom is -0.332 e. The largest absolute Gasteiger partial charge is 0.332 e. The van der Waals surface area contributed by atoms with Gasteiger partial charge in [-0.25, -0.2) is 21.6 Å². The standard InChI is InChI=1S/C23H26F3N3O4S/c1-2-10-29(15-19(30)27-18-9-8-17(24)20(25)21(18)26)23(31)22(16-6-4-3-5-7-16)28-11-13-34(32,33)14-12-28/h3-9,22H,2,10-15H2,1H3,(H,27,30). The minimum atomic E-state index is -3.18. The van der Waals surface area contributed by atoms with E-state index in [-0.39, 0.29) is 31.1 Å². The molecule has 3 rings (SSSR count). The third-order valence-electron chi connectivity index (χ3n) is 5.54. The number of carbonyl (C=O) groups excluding carboxylic acids is 2. The van der Waals surface area contributed by atoms with Crippen LogP contribution in [0.5, 0.6) is 0 Å². The SMILES string of the molecule is CCCN(CC(=O)Nc1ccc(F)c(F)c1F)C(=O)C(c1ccccc1)N1CCS(=O)(=O)CC1. The van der Waals surface area contributed by atoms with Crippen LogP contribution in [0.25, 0.3) is 0 Å². The summed E-state index contributed by atoms with van der Waals surface area (Å²) >= 11 is 0. The number of carbonyl (C=O) groups is 2. The molecule has 34 heavy (non-hydrogen) atoms. The van der Waals surface area contributed by atoms with Crippen LogP contribution in [0.2, 0.25) is 0 Å². The lowest BCUT2D eigenvalue weighted by Crippen LogP contribution is -2.50. The van der Waals surface area contributed by atoms with Crippen molar-refractivity contribution in [2.24, 2.45) is 0 Å². The Labute approximate surface area is 196 Å². The number of rotatable bonds is 8. The Kier molecular flexibility index (Phi) is 8.32. The van der Waals surface area contributed by atoms with Gasteiger partial charge in [0, 0.05) is 19.6 Å². The summed E-state index contributed by atoms with van der Waals surface area (Å²) in [4.78, 5) is 29.3. The molecule has 2 aromatic carbocycles. The van der Waals surface area contributed by atoms with Gasteiger partial charge in [0.1, 0.15) is 6.04 Å². The Morgan fingerprint density at radius 1 is 1.03 bits per heavy atom. The molecule has 1 unspecified atom stereocenters. The van der Waals surface area contributed by atoms with Gasteiger partial charge in [-0.1, -0.05) is 37.3 Å². The highest BCUT2D eigenvalue weighted by Crippen LogP contribution is 2.26. The molecule has 1 aliphatic heterocycles. The van der Waals surface area contributed by atoms with Gasteiger partial charge in [-0.15, -0.1) is 0 Å². The molecule has 2 aromatic rings. The molecule has 0 aromatic heterocycles. The summed E-state index contributed by atoms with van der Waals surface area (Å²) < 4.78 is 64.4. The number of nitrogens with zero attached hydrogens (tertiary/aromatic N) is 2. The number of halogens is 3. The molecular formula is C23H26F3N3O4S. The van der Waals surface area contributed by atoms with Gasteiger partial charge in [-0.3, -0.25) is 14.5 Å². The van der Waals surface area contributed by atoms with Gasteiger partial charge in [-0.2, -0.15) is 0 Å². The van der Waals surface area contributed by atoms with E-state index in [1.165, 1.54) is 4.90 Å². The highest BCUT2D eigenvalue weighted by molar-refractivity contribution is 7.91. The molecular weight excluding hydrogens is 471 g/mol. The van der Waals surface area contributed by atoms with Crippen molar-refractivity contribution >= 4 is 27.3 Å². The Morgan fingerprint density at radius 3 is 2.29 bits per heavy atom. The number of hydrogen-bond donors (Lipinski definition) is 1. The second-order valence-electron chi connectivity index (χ2n) is 8.03. The normalized spacial score (nSPS) is 16.6. The second kappa shape index (κ2) is 11.0. The smallest absolute Gasteiger partial charge is 0.245 e. The van der Waals surface area contributed by atoms with E-state index in [9.17, 15) is 31.2 Å². The van der Waals surface area contributed by atoms with Crippen LogP contribution < -0.4 is 5.32 Å². The molecule has 1 heterocycles. The van der Waals surface area contributed by atoms with Crippen molar-refractivity contribution in [1.29, 1.82) is 0 Å². The maximum Gasteiger partial charge on any atom is 0.245 e. The topological polar surface area (TPSA) is 86.8 Å². The van der Waals surface area contributed by atoms with E-state index in [1.807, 2.05) is 6.92 Å². The summed E-state index contributed by atoms with van der Waals surface area (Å²) in [5.41, 5.74) is 0.119. The summed E-state index contributed by atoms with van der Waals surface area (Å²) in [7, 11) is -3.18. The summed E-state index contributed by atoms with van der Waals surface area (Å²) in [6.45, 7) is 1.92. The lowest BCUT2D eigenvalue weighted by molar-refractivity contribution is -0.140. The number of benzene rings is 2. The van der Waals surface area contributed by atoms with Crippen LogP contribution in [0.3, 0.4) is 0 Å². The van der Waals surface area contributed by atoms with E-state index in [2.05, 4.69) is 5.32 Å². The van der Waals surface area contributed by atoms with Crippen molar-refractivity contribution in [3.05, 3.63) is 65.5 Å². The van der Waals surface area contributed by atoms with Gasteiger partial charge >= 0.3 is 0 Å². The van der Waals surface area contributed by atoms with Crippen LogP contribution in [0.1, 0.15) is 24.9 Å². The second-order valence-corrected chi connectivity index (χ2v) is 10.3. The molecule has 11 heteroatoms. The molecule has 7 nitrogen and oxygen atoms in total. The van der Waals surface area contributed by atoms with Gasteiger partial charge in [0.15, 0.2) is 27.3 Å². The predicted octanol–water partition coefficient (Wildman–Crippen LogP) is 2.75. The van der Waals surface area contributed by atoms with Crippen molar-refractivity contribution in [3.63, 3.8) is 0 Å². The fraction of sp³-hybridized carbons (Fsp3) is 0.391. The molecule has 184 valence electrons. The van der Waals surface area contributed by atoms with Gasteiger partial charge in [0.05, 0.1) is 23.7 Å². The fourth-order valence-electron chi connectivity index (χ4n) is 3.83. The van der Waals surface area contributed by atoms with Crippen LogP contribution in [0.4, 0.5) is 18.9 Å². The van der Waals surface area contributed by atoms with Crippen molar-refractivity contribution in [2.75, 3.05) is 43.0 Å². The number of amides is 2. The Balaban J connectivity index is 1.82. The van der Waals surface area contributed by atoms with E-state index in [0.717, 1.165) is 6.07 Å². The minimum absolute atomic E-state index is 0.0761. The summed E-state index contributed by atoms with van der Waals surface area (Å²) in [6.07, 6.45) is 0.522. The van der Waals surface area contributed by atoms with Gasteiger partial charge in [0.25, 0.3) is 0 Å². The number of nitrogens with one attached hydrogen (secondary N) is 1. The van der Waals surface area contributed by atoms with Crippen molar-refractivity contribution < 1.29 is 31.2 Å². The summed E-state index contributed by atoms with van der Waals surface area (Å²) in [5, 5.41) is 2.18. The van der Waals surface area contributed by atoms with Gasteiger partial charge in [-0.05, 0) is 24.1 Å². The van der Waals surface area contributed by atoms with Crippen LogP contribution >= 0.6 is 0 Å². The predicted molar refractivity (Wildman–Crippen MR) is 121 cm³/mol. The Morgan fingerprint density at radius 2 is 1.68 bits per heavy atom. The van der Waals surface area contributed by atoms with E-state index >= 15 is 0 Å². The van der Waals surface area contributed by atoms with Crippen molar-refractivity contribution in [1.82, 2.24) is 9.80 Å². The lowest BCUT2D eigenvalue weighted by atomic mass is 10.0. The first-order valence-corrected chi connectivity index (χ1v) is 12.7. The first kappa shape index (κ1) is 25.7. The quantitative estimate of drug-likeness (QED) is 0.567. The average molecular weight is 498 g/mol. The lowest BCUT2D eigenvalue weighted by Gasteiger charge is -2.36. The van der Waals surface area contributed by atoms with Crippen LogP contribution in [-0.2, 0) is 19.4 Å². The van der Waals surface area contributed by atoms with Gasteiger partial charge < -0.3 is 10.2 Å². The zero-order valence-corrected chi connectivity index (χ0v) is 19.5. The molecule has 0 aliphatic carbocycles. The highest BCUT2D eigenvalue weighted by atomic mass is 32.2. The molecule has 2 amide bonds. The molecule has 0 radical (unpaired) electrons. The molecule has 1 saturated heterocycles.